The van der Waals surface area contributed by atoms with Gasteiger partial charge in [-0.15, -0.1) is 11.8 Å². The molecule has 0 bridgehead atoms. The number of thioether (sulfide) groups is 1. The first-order chi connectivity index (χ1) is 14.3. The van der Waals surface area contributed by atoms with Crippen molar-refractivity contribution in [2.45, 2.75) is 24.7 Å². The Hall–Kier alpha value is -2.34. The Balaban J connectivity index is 1.33. The van der Waals surface area contributed by atoms with Gasteiger partial charge in [0.25, 0.3) is 0 Å². The third kappa shape index (κ3) is 8.28. The second kappa shape index (κ2) is 12.3. The van der Waals surface area contributed by atoms with Crippen LogP contribution in [0, 0.1) is 0 Å². The van der Waals surface area contributed by atoms with E-state index in [1.54, 1.807) is 0 Å². The van der Waals surface area contributed by atoms with Crippen LogP contribution in [-0.2, 0) is 24.5 Å². The van der Waals surface area contributed by atoms with Crippen molar-refractivity contribution in [1.29, 1.82) is 0 Å². The Morgan fingerprint density at radius 2 is 1.41 bits per heavy atom. The van der Waals surface area contributed by atoms with Gasteiger partial charge in [-0.05, 0) is 41.0 Å². The summed E-state index contributed by atoms with van der Waals surface area (Å²) in [6.07, 6.45) is 0. The average molecular weight is 423 g/mol. The van der Waals surface area contributed by atoms with Crippen LogP contribution in [0.1, 0.15) is 16.7 Å². The van der Waals surface area contributed by atoms with Crippen molar-refractivity contribution in [2.75, 3.05) is 12.3 Å². The lowest BCUT2D eigenvalue weighted by molar-refractivity contribution is 0.107. The zero-order valence-corrected chi connectivity index (χ0v) is 18.0. The summed E-state index contributed by atoms with van der Waals surface area (Å²) < 4.78 is 5.83. The van der Waals surface area contributed by atoms with E-state index in [2.05, 4.69) is 71.3 Å². The summed E-state index contributed by atoms with van der Waals surface area (Å²) in [6, 6.07) is 29.0. The summed E-state index contributed by atoms with van der Waals surface area (Å²) >= 11 is 7.20. The molecule has 0 saturated heterocycles. The third-order valence-electron chi connectivity index (χ3n) is 4.22. The molecule has 0 aliphatic heterocycles. The number of hydrogen-bond donors (Lipinski definition) is 2. The molecular formula is C24H26N2OS2. The predicted molar refractivity (Wildman–Crippen MR) is 126 cm³/mol. The van der Waals surface area contributed by atoms with Crippen molar-refractivity contribution < 1.29 is 4.74 Å². The minimum Gasteiger partial charge on any atom is -0.372 e. The van der Waals surface area contributed by atoms with Crippen molar-refractivity contribution in [1.82, 2.24) is 10.6 Å². The highest BCUT2D eigenvalue weighted by molar-refractivity contribution is 7.99. The Morgan fingerprint density at radius 1 is 0.759 bits per heavy atom. The SMILES string of the molecule is S=C(NCCSc1ccccc1)NCc1cccc(COCc2ccccc2)c1. The maximum atomic E-state index is 5.83. The van der Waals surface area contributed by atoms with E-state index in [1.807, 2.05) is 36.0 Å². The fourth-order valence-electron chi connectivity index (χ4n) is 2.79. The summed E-state index contributed by atoms with van der Waals surface area (Å²) in [4.78, 5) is 1.28. The van der Waals surface area contributed by atoms with Crippen LogP contribution in [0.25, 0.3) is 0 Å². The van der Waals surface area contributed by atoms with E-state index in [9.17, 15) is 0 Å². The van der Waals surface area contributed by atoms with Crippen LogP contribution in [0.2, 0.25) is 0 Å². The minimum atomic E-state index is 0.599. The van der Waals surface area contributed by atoms with E-state index in [1.165, 1.54) is 21.6 Å². The van der Waals surface area contributed by atoms with Crippen LogP contribution in [0.5, 0.6) is 0 Å². The van der Waals surface area contributed by atoms with E-state index < -0.39 is 0 Å². The molecule has 0 aliphatic carbocycles. The molecule has 0 radical (unpaired) electrons. The molecule has 0 aliphatic rings. The van der Waals surface area contributed by atoms with Crippen LogP contribution >= 0.6 is 24.0 Å². The normalized spacial score (nSPS) is 10.5. The molecule has 0 spiro atoms. The lowest BCUT2D eigenvalue weighted by Gasteiger charge is -2.11. The molecule has 3 rings (SSSR count). The molecule has 0 aromatic heterocycles. The standard InChI is InChI=1S/C24H26N2OS2/c28-24(25-14-15-29-23-12-5-2-6-13-23)26-17-21-10-7-11-22(16-21)19-27-18-20-8-3-1-4-9-20/h1-13,16H,14-15,17-19H2,(H2,25,26,28). The summed E-state index contributed by atoms with van der Waals surface area (Å²) in [5, 5.41) is 7.23. The molecule has 150 valence electrons. The second-order valence-corrected chi connectivity index (χ2v) is 8.15. The van der Waals surface area contributed by atoms with E-state index in [0.717, 1.165) is 12.3 Å². The first-order valence-electron chi connectivity index (χ1n) is 9.68. The fourth-order valence-corrected chi connectivity index (χ4v) is 3.75. The number of benzene rings is 3. The van der Waals surface area contributed by atoms with Crippen LogP contribution in [0.3, 0.4) is 0 Å². The molecule has 0 unspecified atom stereocenters. The first kappa shape index (κ1) is 21.4. The monoisotopic (exact) mass is 422 g/mol. The molecule has 5 heteroatoms. The Bertz CT molecular complexity index is 872. The lowest BCUT2D eigenvalue weighted by atomic mass is 10.1. The highest BCUT2D eigenvalue weighted by Crippen LogP contribution is 2.15. The molecule has 3 aromatic rings. The number of rotatable bonds is 10. The first-order valence-corrected chi connectivity index (χ1v) is 11.1. The predicted octanol–water partition coefficient (Wildman–Crippen LogP) is 5.16. The molecule has 0 amide bonds. The molecule has 0 saturated carbocycles. The maximum absolute atomic E-state index is 5.83. The van der Waals surface area contributed by atoms with Gasteiger partial charge in [0.05, 0.1) is 13.2 Å². The molecule has 3 nitrogen and oxygen atoms in total. The zero-order valence-electron chi connectivity index (χ0n) is 16.3. The average Bonchev–Trinajstić information content (AvgIpc) is 2.77. The molecule has 29 heavy (non-hydrogen) atoms. The highest BCUT2D eigenvalue weighted by atomic mass is 32.2. The molecule has 2 N–H and O–H groups in total. The zero-order chi connectivity index (χ0) is 20.2. The summed E-state index contributed by atoms with van der Waals surface area (Å²) in [7, 11) is 0. The van der Waals surface area contributed by atoms with E-state index in [0.29, 0.717) is 24.9 Å². The molecule has 0 fully saturated rings. The topological polar surface area (TPSA) is 33.3 Å². The van der Waals surface area contributed by atoms with Crippen LogP contribution in [0.4, 0.5) is 0 Å². The smallest absolute Gasteiger partial charge is 0.166 e. The molecular weight excluding hydrogens is 396 g/mol. The Kier molecular flexibility index (Phi) is 9.04. The minimum absolute atomic E-state index is 0.599. The third-order valence-corrected chi connectivity index (χ3v) is 5.53. The summed E-state index contributed by atoms with van der Waals surface area (Å²) in [5.74, 6) is 0.972. The largest absolute Gasteiger partial charge is 0.372 e. The van der Waals surface area contributed by atoms with Crippen molar-refractivity contribution in [3.63, 3.8) is 0 Å². The molecule has 0 atom stereocenters. The second-order valence-electron chi connectivity index (χ2n) is 6.57. The summed E-state index contributed by atoms with van der Waals surface area (Å²) in [5.41, 5.74) is 3.54. The molecule has 0 heterocycles. The quantitative estimate of drug-likeness (QED) is 0.268. The maximum Gasteiger partial charge on any atom is 0.166 e. The van der Waals surface area contributed by atoms with E-state index in [4.69, 9.17) is 17.0 Å². The van der Waals surface area contributed by atoms with E-state index in [-0.39, 0.29) is 0 Å². The van der Waals surface area contributed by atoms with Gasteiger partial charge in [-0.25, -0.2) is 0 Å². The highest BCUT2D eigenvalue weighted by Gasteiger charge is 2.00. The Morgan fingerprint density at radius 3 is 2.21 bits per heavy atom. The van der Waals surface area contributed by atoms with Crippen molar-refractivity contribution in [2.24, 2.45) is 0 Å². The number of thiocarbonyl (C=S) groups is 1. The molecule has 3 aromatic carbocycles. The van der Waals surface area contributed by atoms with Gasteiger partial charge in [0, 0.05) is 23.7 Å². The van der Waals surface area contributed by atoms with Crippen LogP contribution in [0.15, 0.2) is 89.8 Å². The van der Waals surface area contributed by atoms with Gasteiger partial charge < -0.3 is 15.4 Å². The number of ether oxygens (including phenoxy) is 1. The van der Waals surface area contributed by atoms with Crippen molar-refractivity contribution >= 4 is 29.1 Å². The summed E-state index contributed by atoms with van der Waals surface area (Å²) in [6.45, 7) is 2.75. The van der Waals surface area contributed by atoms with Crippen LogP contribution < -0.4 is 10.6 Å². The van der Waals surface area contributed by atoms with Crippen molar-refractivity contribution in [3.05, 3.63) is 102 Å². The van der Waals surface area contributed by atoms with Crippen LogP contribution in [-0.4, -0.2) is 17.4 Å². The van der Waals surface area contributed by atoms with Gasteiger partial charge in [0.15, 0.2) is 5.11 Å². The van der Waals surface area contributed by atoms with E-state index >= 15 is 0 Å². The van der Waals surface area contributed by atoms with Gasteiger partial charge in [0.1, 0.15) is 0 Å². The number of nitrogens with one attached hydrogen (secondary N) is 2. The number of hydrogen-bond acceptors (Lipinski definition) is 3. The van der Waals surface area contributed by atoms with Crippen molar-refractivity contribution in [3.8, 4) is 0 Å². The van der Waals surface area contributed by atoms with Gasteiger partial charge in [-0.1, -0.05) is 72.8 Å². The lowest BCUT2D eigenvalue weighted by Crippen LogP contribution is -2.36. The Labute approximate surface area is 182 Å². The van der Waals surface area contributed by atoms with Gasteiger partial charge >= 0.3 is 0 Å². The van der Waals surface area contributed by atoms with Gasteiger partial charge in [-0.2, -0.15) is 0 Å². The van der Waals surface area contributed by atoms with Gasteiger partial charge in [-0.3, -0.25) is 0 Å². The fraction of sp³-hybridized carbons (Fsp3) is 0.208. The van der Waals surface area contributed by atoms with Gasteiger partial charge in [0.2, 0.25) is 0 Å².